The van der Waals surface area contributed by atoms with E-state index in [2.05, 4.69) is 15.3 Å². The number of para-hydroxylation sites is 2. The van der Waals surface area contributed by atoms with Gasteiger partial charge in [-0.25, -0.2) is 14.6 Å². The number of carbonyl (C=O) groups excluding carboxylic acids is 3. The Morgan fingerprint density at radius 2 is 1.81 bits per heavy atom. The summed E-state index contributed by atoms with van der Waals surface area (Å²) in [5.41, 5.74) is 3.87. The van der Waals surface area contributed by atoms with E-state index >= 15 is 0 Å². The van der Waals surface area contributed by atoms with Crippen molar-refractivity contribution in [2.24, 2.45) is 0 Å². The summed E-state index contributed by atoms with van der Waals surface area (Å²) < 4.78 is 10.8. The van der Waals surface area contributed by atoms with E-state index in [-0.39, 0.29) is 6.61 Å². The molecule has 4 aromatic rings. The van der Waals surface area contributed by atoms with Gasteiger partial charge in [-0.3, -0.25) is 4.79 Å². The Morgan fingerprint density at radius 3 is 2.62 bits per heavy atom. The number of imidazole rings is 1. The van der Waals surface area contributed by atoms with Gasteiger partial charge in [0.1, 0.15) is 10.8 Å². The van der Waals surface area contributed by atoms with Gasteiger partial charge in [0.15, 0.2) is 6.10 Å². The molecule has 0 radical (unpaired) electrons. The third-order valence-electron chi connectivity index (χ3n) is 6.33. The van der Waals surface area contributed by atoms with E-state index in [0.29, 0.717) is 27.5 Å². The van der Waals surface area contributed by atoms with E-state index in [0.717, 1.165) is 47.2 Å². The fraction of sp³-hybridized carbons (Fsp3) is 0.286. The van der Waals surface area contributed by atoms with Gasteiger partial charge in [-0.1, -0.05) is 30.3 Å². The lowest BCUT2D eigenvalue weighted by Gasteiger charge is -2.15. The largest absolute Gasteiger partial charge is 0.462 e. The van der Waals surface area contributed by atoms with E-state index in [4.69, 9.17) is 9.47 Å². The fourth-order valence-electron chi connectivity index (χ4n) is 4.51. The first kappa shape index (κ1) is 24.7. The van der Waals surface area contributed by atoms with E-state index in [1.165, 1.54) is 18.3 Å². The number of anilines is 1. The van der Waals surface area contributed by atoms with Crippen molar-refractivity contribution in [1.82, 2.24) is 9.97 Å². The molecule has 0 saturated carbocycles. The number of nitrogens with zero attached hydrogens (tertiary/aromatic N) is 1. The highest BCUT2D eigenvalue weighted by Gasteiger charge is 2.29. The summed E-state index contributed by atoms with van der Waals surface area (Å²) in [6, 6.07) is 14.6. The molecule has 5 rings (SSSR count). The Kier molecular flexibility index (Phi) is 7.05. The van der Waals surface area contributed by atoms with Crippen LogP contribution in [0.5, 0.6) is 0 Å². The quantitative estimate of drug-likeness (QED) is 0.312. The molecule has 37 heavy (non-hydrogen) atoms. The maximum absolute atomic E-state index is 13.1. The highest BCUT2D eigenvalue weighted by atomic mass is 32.1. The molecule has 0 saturated heterocycles. The van der Waals surface area contributed by atoms with E-state index < -0.39 is 23.9 Å². The van der Waals surface area contributed by atoms with E-state index in [1.54, 1.807) is 25.1 Å². The lowest BCUT2D eigenvalue weighted by atomic mass is 9.95. The van der Waals surface area contributed by atoms with Gasteiger partial charge in [0.05, 0.1) is 28.8 Å². The molecular weight excluding hydrogens is 490 g/mol. The second kappa shape index (κ2) is 10.6. The summed E-state index contributed by atoms with van der Waals surface area (Å²) in [6.07, 6.45) is 2.58. The summed E-state index contributed by atoms with van der Waals surface area (Å²) in [6.45, 7) is 3.50. The Morgan fingerprint density at radius 1 is 1.05 bits per heavy atom. The SMILES string of the molecule is CCOC(=O)c1c(NC(=O)C(C)OC(=O)c2ccccc2-c2nc3ccccc3[nH]2)sc2c1CCCC2. The number of fused-ring (bicyclic) bond motifs is 2. The number of thiophene rings is 1. The van der Waals surface area contributed by atoms with Crippen LogP contribution in [0.4, 0.5) is 5.00 Å². The summed E-state index contributed by atoms with van der Waals surface area (Å²) >= 11 is 1.39. The average molecular weight is 518 g/mol. The number of aromatic amines is 1. The maximum Gasteiger partial charge on any atom is 0.341 e. The van der Waals surface area contributed by atoms with Crippen molar-refractivity contribution >= 4 is 45.2 Å². The van der Waals surface area contributed by atoms with Gasteiger partial charge in [-0.2, -0.15) is 0 Å². The summed E-state index contributed by atoms with van der Waals surface area (Å²) in [4.78, 5) is 47.8. The predicted molar refractivity (Wildman–Crippen MR) is 142 cm³/mol. The van der Waals surface area contributed by atoms with Crippen LogP contribution in [0.25, 0.3) is 22.4 Å². The minimum absolute atomic E-state index is 0.246. The Labute approximate surface area is 218 Å². The number of esters is 2. The Bertz CT molecular complexity index is 1460. The van der Waals surface area contributed by atoms with Crippen LogP contribution in [0, 0.1) is 0 Å². The molecule has 2 N–H and O–H groups in total. The predicted octanol–water partition coefficient (Wildman–Crippen LogP) is 5.53. The van der Waals surface area contributed by atoms with Gasteiger partial charge in [-0.05, 0) is 63.3 Å². The molecule has 0 spiro atoms. The molecule has 1 aliphatic carbocycles. The highest BCUT2D eigenvalue weighted by Crippen LogP contribution is 2.38. The van der Waals surface area contributed by atoms with Crippen molar-refractivity contribution in [3.05, 3.63) is 70.1 Å². The maximum atomic E-state index is 13.1. The number of rotatable bonds is 7. The minimum atomic E-state index is -1.09. The van der Waals surface area contributed by atoms with Crippen LogP contribution in [-0.4, -0.2) is 40.5 Å². The minimum Gasteiger partial charge on any atom is -0.462 e. The van der Waals surface area contributed by atoms with Crippen LogP contribution in [-0.2, 0) is 27.1 Å². The van der Waals surface area contributed by atoms with Crippen LogP contribution >= 0.6 is 11.3 Å². The second-order valence-corrected chi connectivity index (χ2v) is 9.93. The molecule has 2 heterocycles. The molecule has 0 bridgehead atoms. The van der Waals surface area contributed by atoms with Crippen LogP contribution in [0.3, 0.4) is 0 Å². The lowest BCUT2D eigenvalue weighted by Crippen LogP contribution is -2.30. The molecule has 1 aliphatic rings. The van der Waals surface area contributed by atoms with Crippen molar-refractivity contribution < 1.29 is 23.9 Å². The monoisotopic (exact) mass is 517 g/mol. The number of amides is 1. The van der Waals surface area contributed by atoms with Crippen LogP contribution < -0.4 is 5.32 Å². The summed E-state index contributed by atoms with van der Waals surface area (Å²) in [5.74, 6) is -1.07. The van der Waals surface area contributed by atoms with E-state index in [1.807, 2.05) is 30.3 Å². The van der Waals surface area contributed by atoms with Gasteiger partial charge in [-0.15, -0.1) is 11.3 Å². The number of hydrogen-bond donors (Lipinski definition) is 2. The first-order valence-corrected chi connectivity index (χ1v) is 13.2. The number of nitrogens with one attached hydrogen (secondary N) is 2. The number of benzene rings is 2. The second-order valence-electron chi connectivity index (χ2n) is 8.82. The zero-order valence-corrected chi connectivity index (χ0v) is 21.4. The highest BCUT2D eigenvalue weighted by molar-refractivity contribution is 7.17. The Hall–Kier alpha value is -3.98. The smallest absolute Gasteiger partial charge is 0.341 e. The third kappa shape index (κ3) is 4.99. The number of hydrogen-bond acceptors (Lipinski definition) is 7. The normalized spacial score (nSPS) is 13.6. The molecule has 1 unspecified atom stereocenters. The molecule has 9 heteroatoms. The fourth-order valence-corrected chi connectivity index (χ4v) is 5.79. The molecule has 190 valence electrons. The van der Waals surface area contributed by atoms with Crippen molar-refractivity contribution in [2.75, 3.05) is 11.9 Å². The van der Waals surface area contributed by atoms with Gasteiger partial charge in [0, 0.05) is 10.4 Å². The van der Waals surface area contributed by atoms with Gasteiger partial charge >= 0.3 is 11.9 Å². The number of ether oxygens (including phenoxy) is 2. The van der Waals surface area contributed by atoms with Gasteiger partial charge in [0.2, 0.25) is 0 Å². The molecule has 1 amide bonds. The number of carbonyl (C=O) groups is 3. The summed E-state index contributed by atoms with van der Waals surface area (Å²) in [7, 11) is 0. The Balaban J connectivity index is 1.34. The van der Waals surface area contributed by atoms with E-state index in [9.17, 15) is 14.4 Å². The topological polar surface area (TPSA) is 110 Å². The van der Waals surface area contributed by atoms with Crippen molar-refractivity contribution in [2.45, 2.75) is 45.6 Å². The summed E-state index contributed by atoms with van der Waals surface area (Å²) in [5, 5.41) is 3.26. The molecule has 8 nitrogen and oxygen atoms in total. The molecular formula is C28H27N3O5S. The van der Waals surface area contributed by atoms with Crippen LogP contribution in [0.15, 0.2) is 48.5 Å². The van der Waals surface area contributed by atoms with Gasteiger partial charge in [0.25, 0.3) is 5.91 Å². The third-order valence-corrected chi connectivity index (χ3v) is 7.54. The zero-order chi connectivity index (χ0) is 25.9. The molecule has 2 aromatic carbocycles. The van der Waals surface area contributed by atoms with Crippen LogP contribution in [0.2, 0.25) is 0 Å². The van der Waals surface area contributed by atoms with Crippen molar-refractivity contribution in [1.29, 1.82) is 0 Å². The zero-order valence-electron chi connectivity index (χ0n) is 20.6. The molecule has 0 aliphatic heterocycles. The number of aromatic nitrogens is 2. The van der Waals surface area contributed by atoms with Crippen molar-refractivity contribution in [3.8, 4) is 11.4 Å². The first-order valence-electron chi connectivity index (χ1n) is 12.3. The van der Waals surface area contributed by atoms with Crippen molar-refractivity contribution in [3.63, 3.8) is 0 Å². The molecule has 2 aromatic heterocycles. The molecule has 1 atom stereocenters. The van der Waals surface area contributed by atoms with Gasteiger partial charge < -0.3 is 19.8 Å². The first-order chi connectivity index (χ1) is 18.0. The number of H-pyrrole nitrogens is 1. The molecule has 0 fully saturated rings. The number of aryl methyl sites for hydroxylation is 1. The standard InChI is InChI=1S/C28H27N3O5S/c1-3-35-28(34)23-19-12-6-9-15-22(19)37-26(23)31-25(32)16(2)36-27(33)18-11-5-4-10-17(18)24-29-20-13-7-8-14-21(20)30-24/h4-5,7-8,10-11,13-14,16H,3,6,9,12,15H2,1-2H3,(H,29,30)(H,31,32). The van der Waals surface area contributed by atoms with Crippen LogP contribution in [0.1, 0.15) is 57.8 Å². The lowest BCUT2D eigenvalue weighted by molar-refractivity contribution is -0.123. The average Bonchev–Trinajstić information content (AvgIpc) is 3.50.